The number of nitrogens with zero attached hydrogens (tertiary/aromatic N) is 2. The molecule has 1 N–H and O–H groups in total. The number of carbonyl (C=O) groups excluding carboxylic acids is 4. The van der Waals surface area contributed by atoms with Gasteiger partial charge in [-0.25, -0.2) is 0 Å². The molecule has 2 aliphatic heterocycles. The van der Waals surface area contributed by atoms with Crippen LogP contribution in [0.2, 0.25) is 0 Å². The summed E-state index contributed by atoms with van der Waals surface area (Å²) in [5.74, 6) is -0.124. The maximum Gasteiger partial charge on any atom is 0.309 e. The summed E-state index contributed by atoms with van der Waals surface area (Å²) in [4.78, 5) is 72.5. The van der Waals surface area contributed by atoms with Crippen LogP contribution in [-0.4, -0.2) is 75.7 Å². The van der Waals surface area contributed by atoms with Gasteiger partial charge in [0, 0.05) is 42.6 Å². The second-order valence-corrected chi connectivity index (χ2v) is 22.2. The highest BCUT2D eigenvalue weighted by atomic mass is 16.5. The molecule has 9 nitrogen and oxygen atoms in total. The Hall–Kier alpha value is -3.49. The molecule has 5 aliphatic carbocycles. The van der Waals surface area contributed by atoms with E-state index in [1.807, 2.05) is 35.2 Å². The van der Waals surface area contributed by atoms with Crippen molar-refractivity contribution in [1.82, 2.24) is 9.80 Å². The van der Waals surface area contributed by atoms with Crippen molar-refractivity contribution in [3.05, 3.63) is 47.0 Å². The number of benzene rings is 1. The second kappa shape index (κ2) is 13.8. The first-order chi connectivity index (χ1) is 27.1. The van der Waals surface area contributed by atoms with Crippen molar-refractivity contribution in [3.63, 3.8) is 0 Å². The van der Waals surface area contributed by atoms with Gasteiger partial charge in [-0.1, -0.05) is 66.7 Å². The van der Waals surface area contributed by atoms with Crippen molar-refractivity contribution in [2.24, 2.45) is 56.2 Å². The van der Waals surface area contributed by atoms with Crippen LogP contribution in [0.3, 0.4) is 0 Å². The zero-order valence-corrected chi connectivity index (χ0v) is 36.6. The van der Waals surface area contributed by atoms with Gasteiger partial charge in [0.25, 0.3) is 5.91 Å². The van der Waals surface area contributed by atoms with Gasteiger partial charge in [-0.15, -0.1) is 0 Å². The van der Waals surface area contributed by atoms with Crippen molar-refractivity contribution in [1.29, 1.82) is 0 Å². The van der Waals surface area contributed by atoms with Crippen LogP contribution in [0.15, 0.2) is 41.5 Å². The predicted molar refractivity (Wildman–Crippen MR) is 221 cm³/mol. The predicted octanol–water partition coefficient (Wildman–Crippen LogP) is 8.90. The number of allylic oxidation sites excluding steroid dienone is 1. The molecule has 8 rings (SSSR count). The SMILES string of the molecule is CC(C)C1=C2C3CCC4[C@@]5(C)CC[C@H](OC(=O)CC(C)(C)C(=O)O)C(C)(C)C5CC[C@@]4(C)[C@]3(C)CC[C@@]2(C(=O)N2C3CCC2CN(C(=O)c2ccccc2)C3)CC1=O. The van der Waals surface area contributed by atoms with Crippen LogP contribution in [0.4, 0.5) is 0 Å². The third kappa shape index (κ3) is 5.84. The molecule has 316 valence electrons. The fourth-order valence-electron chi connectivity index (χ4n) is 15.1. The first kappa shape index (κ1) is 41.3. The highest BCUT2D eigenvalue weighted by molar-refractivity contribution is 6.07. The molecular formula is C49H68N2O7. The van der Waals surface area contributed by atoms with Crippen molar-refractivity contribution in [2.75, 3.05) is 13.1 Å². The summed E-state index contributed by atoms with van der Waals surface area (Å²) in [7, 11) is 0. The molecule has 10 atom stereocenters. The number of aliphatic carboxylic acids is 1. The number of carboxylic acids is 1. The van der Waals surface area contributed by atoms with Crippen LogP contribution < -0.4 is 0 Å². The first-order valence-electron chi connectivity index (χ1n) is 22.5. The molecule has 7 aliphatic rings. The van der Waals surface area contributed by atoms with Gasteiger partial charge in [-0.3, -0.25) is 24.0 Å². The van der Waals surface area contributed by atoms with Crippen LogP contribution in [-0.2, 0) is 23.9 Å². The molecule has 0 aromatic heterocycles. The lowest BCUT2D eigenvalue weighted by molar-refractivity contribution is -0.233. The fourth-order valence-corrected chi connectivity index (χ4v) is 15.1. The third-order valence-corrected chi connectivity index (χ3v) is 18.2. The summed E-state index contributed by atoms with van der Waals surface area (Å²) in [5, 5.41) is 9.65. The average molecular weight is 797 g/mol. The molecule has 6 fully saturated rings. The molecule has 2 bridgehead atoms. The molecule has 1 aromatic carbocycles. The number of ether oxygens (including phenoxy) is 1. The second-order valence-electron chi connectivity index (χ2n) is 22.2. The Balaban J connectivity index is 1.07. The molecule has 1 aromatic rings. The van der Waals surface area contributed by atoms with Crippen LogP contribution in [0.25, 0.3) is 0 Å². The summed E-state index contributed by atoms with van der Waals surface area (Å²) in [5.41, 5.74) is 0.443. The van der Waals surface area contributed by atoms with E-state index in [-0.39, 0.29) is 82.1 Å². The minimum Gasteiger partial charge on any atom is -0.481 e. The summed E-state index contributed by atoms with van der Waals surface area (Å²) >= 11 is 0. The lowest BCUT2D eigenvalue weighted by Gasteiger charge is -2.72. The standard InChI is InChI=1S/C49H68N2O7/c1-29(2)39-34(52)25-49(42(55)51-31-15-16-32(51)28-50(27-31)41(54)30-13-11-10-12-14-30)24-23-47(8)33(40(39)49)17-18-36-46(7)21-20-37(58-38(53)26-44(3,4)43(56)57)45(5,6)35(46)19-22-48(36,47)9/h10-14,29,31-33,35-37H,15-28H2,1-9H3,(H,56,57)/t31?,32?,33?,35?,36?,37-,46-,47+,48+,49+/m0/s1. The van der Waals surface area contributed by atoms with E-state index in [0.29, 0.717) is 36.9 Å². The van der Waals surface area contributed by atoms with Crippen molar-refractivity contribution in [2.45, 2.75) is 158 Å². The van der Waals surface area contributed by atoms with E-state index in [4.69, 9.17) is 4.74 Å². The Bertz CT molecular complexity index is 1920. The summed E-state index contributed by atoms with van der Waals surface area (Å²) in [6.07, 6.45) is 8.99. The van der Waals surface area contributed by atoms with E-state index >= 15 is 4.79 Å². The van der Waals surface area contributed by atoms with Crippen LogP contribution in [0.5, 0.6) is 0 Å². The van der Waals surface area contributed by atoms with Gasteiger partial charge < -0.3 is 19.6 Å². The lowest BCUT2D eigenvalue weighted by atomic mass is 9.33. The first-order valence-corrected chi connectivity index (χ1v) is 22.5. The Kier molecular flexibility index (Phi) is 9.79. The highest BCUT2D eigenvalue weighted by Gasteiger charge is 2.71. The van der Waals surface area contributed by atoms with Crippen molar-refractivity contribution < 1.29 is 33.8 Å². The average Bonchev–Trinajstić information content (AvgIpc) is 3.61. The van der Waals surface area contributed by atoms with E-state index in [0.717, 1.165) is 63.4 Å². The van der Waals surface area contributed by atoms with E-state index < -0.39 is 22.8 Å². The van der Waals surface area contributed by atoms with E-state index in [1.165, 1.54) is 5.57 Å². The van der Waals surface area contributed by atoms with Crippen LogP contribution in [0, 0.1) is 56.2 Å². The number of carboxylic acid groups (broad SMARTS) is 1. The largest absolute Gasteiger partial charge is 0.481 e. The minimum atomic E-state index is -1.18. The maximum atomic E-state index is 15.5. The lowest BCUT2D eigenvalue weighted by Crippen LogP contribution is -2.67. The summed E-state index contributed by atoms with van der Waals surface area (Å²) in [6, 6.07) is 9.38. The number of esters is 1. The number of likely N-dealkylation sites (tertiary alicyclic amines) is 1. The van der Waals surface area contributed by atoms with Gasteiger partial charge in [-0.2, -0.15) is 0 Å². The molecule has 2 amide bonds. The fraction of sp³-hybridized carbons (Fsp3) is 0.735. The number of hydrogen-bond acceptors (Lipinski definition) is 6. The Morgan fingerprint density at radius 2 is 1.48 bits per heavy atom. The number of rotatable bonds is 7. The van der Waals surface area contributed by atoms with E-state index in [1.54, 1.807) is 13.8 Å². The van der Waals surface area contributed by atoms with E-state index in [2.05, 4.69) is 53.4 Å². The number of amides is 2. The quantitative estimate of drug-likeness (QED) is 0.274. The van der Waals surface area contributed by atoms with Gasteiger partial charge in [0.1, 0.15) is 6.10 Å². The van der Waals surface area contributed by atoms with Crippen LogP contribution in [0.1, 0.15) is 150 Å². The van der Waals surface area contributed by atoms with Crippen molar-refractivity contribution in [3.8, 4) is 0 Å². The van der Waals surface area contributed by atoms with E-state index in [9.17, 15) is 24.3 Å². The zero-order chi connectivity index (χ0) is 42.0. The van der Waals surface area contributed by atoms with Crippen molar-refractivity contribution >= 4 is 29.5 Å². The van der Waals surface area contributed by atoms with Gasteiger partial charge in [0.2, 0.25) is 5.91 Å². The van der Waals surface area contributed by atoms with Gasteiger partial charge >= 0.3 is 11.9 Å². The molecule has 58 heavy (non-hydrogen) atoms. The van der Waals surface area contributed by atoms with Crippen LogP contribution >= 0.6 is 0 Å². The molecule has 5 unspecified atom stereocenters. The highest BCUT2D eigenvalue weighted by Crippen LogP contribution is 2.77. The molecule has 9 heteroatoms. The normalized spacial score (nSPS) is 39.1. The Morgan fingerprint density at radius 1 is 0.828 bits per heavy atom. The monoisotopic (exact) mass is 797 g/mol. The number of fused-ring (bicyclic) bond motifs is 9. The minimum absolute atomic E-state index is 0.00927. The van der Waals surface area contributed by atoms with Gasteiger partial charge in [0.05, 0.1) is 17.3 Å². The summed E-state index contributed by atoms with van der Waals surface area (Å²) in [6.45, 7) is 20.6. The summed E-state index contributed by atoms with van der Waals surface area (Å²) < 4.78 is 6.19. The van der Waals surface area contributed by atoms with Gasteiger partial charge in [0.15, 0.2) is 5.78 Å². The third-order valence-electron chi connectivity index (χ3n) is 18.2. The molecule has 4 saturated carbocycles. The topological polar surface area (TPSA) is 121 Å². The number of Topliss-reactive ketones (excluding diaryl/α,β-unsaturated/α-hetero) is 1. The van der Waals surface area contributed by atoms with Gasteiger partial charge in [-0.05, 0) is 141 Å². The molecular weight excluding hydrogens is 729 g/mol. The number of hydrogen-bond donors (Lipinski definition) is 1. The molecule has 2 heterocycles. The smallest absolute Gasteiger partial charge is 0.309 e. The molecule has 0 radical (unpaired) electrons. The number of ketones is 1. The molecule has 2 saturated heterocycles. The number of carbonyl (C=O) groups is 5. The number of piperazine rings is 1. The maximum absolute atomic E-state index is 15.5. The zero-order valence-electron chi connectivity index (χ0n) is 36.6. The Morgan fingerprint density at radius 3 is 2.10 bits per heavy atom. The molecule has 0 spiro atoms. The Labute approximate surface area is 346 Å².